The van der Waals surface area contributed by atoms with Crippen molar-refractivity contribution in [1.82, 2.24) is 10.6 Å². The van der Waals surface area contributed by atoms with E-state index in [1.165, 1.54) is 13.8 Å². The third kappa shape index (κ3) is 4.63. The second-order valence-corrected chi connectivity index (χ2v) is 4.82. The standard InChI is InChI=1S/C17H18N2O3/c1-12(20)18-17(19-13(2)21)14-7-6-10-16(11-14)22-15-8-4-3-5-9-15/h3-11,17H,1-2H3,(H,18,20)(H,19,21). The van der Waals surface area contributed by atoms with Crippen LogP contribution in [0.3, 0.4) is 0 Å². The van der Waals surface area contributed by atoms with Gasteiger partial charge in [0.25, 0.3) is 0 Å². The first-order chi connectivity index (χ1) is 10.5. The van der Waals surface area contributed by atoms with Crippen molar-refractivity contribution in [3.8, 4) is 11.5 Å². The topological polar surface area (TPSA) is 67.4 Å². The van der Waals surface area contributed by atoms with Crippen molar-refractivity contribution in [2.75, 3.05) is 0 Å². The molecule has 0 radical (unpaired) electrons. The lowest BCUT2D eigenvalue weighted by molar-refractivity contribution is -0.122. The van der Waals surface area contributed by atoms with Crippen LogP contribution in [0.25, 0.3) is 0 Å². The SMILES string of the molecule is CC(=O)NC(NC(C)=O)c1cccc(Oc2ccccc2)c1. The monoisotopic (exact) mass is 298 g/mol. The normalized spacial score (nSPS) is 10.1. The number of rotatable bonds is 5. The highest BCUT2D eigenvalue weighted by molar-refractivity contribution is 5.76. The molecule has 2 aromatic rings. The van der Waals surface area contributed by atoms with Crippen LogP contribution in [0.15, 0.2) is 54.6 Å². The molecule has 2 rings (SSSR count). The number of carbonyl (C=O) groups is 2. The molecule has 0 unspecified atom stereocenters. The lowest BCUT2D eigenvalue weighted by Crippen LogP contribution is -2.39. The Labute approximate surface area is 129 Å². The Morgan fingerprint density at radius 2 is 1.45 bits per heavy atom. The van der Waals surface area contributed by atoms with Gasteiger partial charge in [0.05, 0.1) is 0 Å². The summed E-state index contributed by atoms with van der Waals surface area (Å²) >= 11 is 0. The molecule has 0 aromatic heterocycles. The quantitative estimate of drug-likeness (QED) is 0.834. The molecule has 0 bridgehead atoms. The minimum atomic E-state index is -0.589. The summed E-state index contributed by atoms with van der Waals surface area (Å²) < 4.78 is 5.75. The highest BCUT2D eigenvalue weighted by Crippen LogP contribution is 2.23. The lowest BCUT2D eigenvalue weighted by Gasteiger charge is -2.19. The number of para-hydroxylation sites is 1. The number of nitrogens with one attached hydrogen (secondary N) is 2. The van der Waals surface area contributed by atoms with Gasteiger partial charge in [-0.3, -0.25) is 9.59 Å². The number of ether oxygens (including phenoxy) is 1. The maximum absolute atomic E-state index is 11.3. The molecule has 0 heterocycles. The minimum absolute atomic E-state index is 0.229. The predicted molar refractivity (Wildman–Crippen MR) is 83.3 cm³/mol. The first-order valence-corrected chi connectivity index (χ1v) is 6.91. The van der Waals surface area contributed by atoms with E-state index < -0.39 is 6.17 Å². The van der Waals surface area contributed by atoms with E-state index in [1.807, 2.05) is 48.5 Å². The van der Waals surface area contributed by atoms with Gasteiger partial charge in [0, 0.05) is 13.8 Å². The molecule has 0 saturated heterocycles. The van der Waals surface area contributed by atoms with Crippen molar-refractivity contribution in [2.24, 2.45) is 0 Å². The van der Waals surface area contributed by atoms with E-state index >= 15 is 0 Å². The van der Waals surface area contributed by atoms with Crippen molar-refractivity contribution in [2.45, 2.75) is 20.0 Å². The molecule has 0 aliphatic heterocycles. The van der Waals surface area contributed by atoms with Gasteiger partial charge in [-0.25, -0.2) is 0 Å². The third-order valence-corrected chi connectivity index (χ3v) is 2.87. The van der Waals surface area contributed by atoms with Gasteiger partial charge in [0.15, 0.2) is 0 Å². The summed E-state index contributed by atoms with van der Waals surface area (Å²) in [6.45, 7) is 2.80. The fourth-order valence-electron chi connectivity index (χ4n) is 1.99. The zero-order chi connectivity index (χ0) is 15.9. The van der Waals surface area contributed by atoms with Gasteiger partial charge in [-0.1, -0.05) is 30.3 Å². The summed E-state index contributed by atoms with van der Waals surface area (Å²) in [5, 5.41) is 5.38. The van der Waals surface area contributed by atoms with Crippen molar-refractivity contribution in [1.29, 1.82) is 0 Å². The van der Waals surface area contributed by atoms with Crippen LogP contribution in [0.4, 0.5) is 0 Å². The maximum Gasteiger partial charge on any atom is 0.218 e. The zero-order valence-electron chi connectivity index (χ0n) is 12.5. The number of hydrogen-bond donors (Lipinski definition) is 2. The molecule has 22 heavy (non-hydrogen) atoms. The maximum atomic E-state index is 11.3. The highest BCUT2D eigenvalue weighted by Gasteiger charge is 2.14. The molecule has 0 saturated carbocycles. The average molecular weight is 298 g/mol. The average Bonchev–Trinajstić information content (AvgIpc) is 2.47. The van der Waals surface area contributed by atoms with Gasteiger partial charge in [0.2, 0.25) is 11.8 Å². The van der Waals surface area contributed by atoms with Crippen LogP contribution >= 0.6 is 0 Å². The first-order valence-electron chi connectivity index (χ1n) is 6.91. The van der Waals surface area contributed by atoms with Crippen LogP contribution in [-0.4, -0.2) is 11.8 Å². The van der Waals surface area contributed by atoms with E-state index in [-0.39, 0.29) is 11.8 Å². The van der Waals surface area contributed by atoms with Gasteiger partial charge in [-0.2, -0.15) is 0 Å². The van der Waals surface area contributed by atoms with E-state index in [2.05, 4.69) is 10.6 Å². The molecule has 0 aliphatic rings. The molecule has 5 heteroatoms. The van der Waals surface area contributed by atoms with Crippen molar-refractivity contribution in [3.63, 3.8) is 0 Å². The van der Waals surface area contributed by atoms with Crippen LogP contribution in [0.2, 0.25) is 0 Å². The summed E-state index contributed by atoms with van der Waals surface area (Å²) in [5.41, 5.74) is 0.735. The molecule has 2 N–H and O–H groups in total. The molecule has 2 aromatic carbocycles. The Morgan fingerprint density at radius 1 is 0.864 bits per heavy atom. The Morgan fingerprint density at radius 3 is 2.05 bits per heavy atom. The molecule has 0 atom stereocenters. The number of amides is 2. The smallest absolute Gasteiger partial charge is 0.218 e. The number of hydrogen-bond acceptors (Lipinski definition) is 3. The Bertz CT molecular complexity index is 640. The Hall–Kier alpha value is -2.82. The van der Waals surface area contributed by atoms with Crippen molar-refractivity contribution < 1.29 is 14.3 Å². The Kier molecular flexibility index (Phi) is 5.14. The molecular weight excluding hydrogens is 280 g/mol. The van der Waals surface area contributed by atoms with Gasteiger partial charge >= 0.3 is 0 Å². The van der Waals surface area contributed by atoms with Crippen LogP contribution in [0.5, 0.6) is 11.5 Å². The van der Waals surface area contributed by atoms with Crippen molar-refractivity contribution in [3.05, 3.63) is 60.2 Å². The van der Waals surface area contributed by atoms with Gasteiger partial charge in [-0.15, -0.1) is 0 Å². The van der Waals surface area contributed by atoms with E-state index in [1.54, 1.807) is 6.07 Å². The van der Waals surface area contributed by atoms with E-state index in [9.17, 15) is 9.59 Å². The van der Waals surface area contributed by atoms with Crippen LogP contribution < -0.4 is 15.4 Å². The molecule has 114 valence electrons. The van der Waals surface area contributed by atoms with E-state index in [0.717, 1.165) is 11.3 Å². The zero-order valence-corrected chi connectivity index (χ0v) is 12.5. The summed E-state index contributed by atoms with van der Waals surface area (Å²) in [4.78, 5) is 22.6. The second kappa shape index (κ2) is 7.26. The van der Waals surface area contributed by atoms with Gasteiger partial charge < -0.3 is 15.4 Å². The molecule has 0 fully saturated rings. The Balaban J connectivity index is 2.20. The van der Waals surface area contributed by atoms with Crippen LogP contribution in [0.1, 0.15) is 25.6 Å². The number of benzene rings is 2. The van der Waals surface area contributed by atoms with Crippen LogP contribution in [-0.2, 0) is 9.59 Å². The second-order valence-electron chi connectivity index (χ2n) is 4.82. The molecule has 0 spiro atoms. The fourth-order valence-corrected chi connectivity index (χ4v) is 1.99. The molecule has 0 aliphatic carbocycles. The predicted octanol–water partition coefficient (Wildman–Crippen LogP) is 2.75. The summed E-state index contributed by atoms with van der Waals surface area (Å²) in [7, 11) is 0. The highest BCUT2D eigenvalue weighted by atomic mass is 16.5. The van der Waals surface area contributed by atoms with Crippen LogP contribution in [0, 0.1) is 0 Å². The summed E-state index contributed by atoms with van der Waals surface area (Å²) in [6.07, 6.45) is -0.589. The first kappa shape index (κ1) is 15.6. The third-order valence-electron chi connectivity index (χ3n) is 2.87. The minimum Gasteiger partial charge on any atom is -0.457 e. The van der Waals surface area contributed by atoms with E-state index in [4.69, 9.17) is 4.74 Å². The van der Waals surface area contributed by atoms with E-state index in [0.29, 0.717) is 5.75 Å². The molecule has 2 amide bonds. The van der Waals surface area contributed by atoms with Gasteiger partial charge in [-0.05, 0) is 29.8 Å². The summed E-state index contributed by atoms with van der Waals surface area (Å²) in [5.74, 6) is 0.890. The van der Waals surface area contributed by atoms with Gasteiger partial charge in [0.1, 0.15) is 17.7 Å². The fraction of sp³-hybridized carbons (Fsp3) is 0.176. The van der Waals surface area contributed by atoms with Crippen molar-refractivity contribution >= 4 is 11.8 Å². The molecular formula is C17H18N2O3. The largest absolute Gasteiger partial charge is 0.457 e. The number of carbonyl (C=O) groups excluding carboxylic acids is 2. The summed E-state index contributed by atoms with van der Waals surface area (Å²) in [6, 6.07) is 16.6. The lowest BCUT2D eigenvalue weighted by atomic mass is 10.1. The molecule has 5 nitrogen and oxygen atoms in total.